The molecule has 0 aromatic heterocycles. The van der Waals surface area contributed by atoms with Crippen molar-refractivity contribution in [1.29, 1.82) is 0 Å². The number of phenols is 2. The fourth-order valence-electron chi connectivity index (χ4n) is 4.04. The van der Waals surface area contributed by atoms with Crippen LogP contribution in [-0.2, 0) is 9.47 Å². The van der Waals surface area contributed by atoms with Gasteiger partial charge >= 0.3 is 12.2 Å². The summed E-state index contributed by atoms with van der Waals surface area (Å²) in [5.74, 6) is 0.725. The van der Waals surface area contributed by atoms with Crippen LogP contribution in [0.5, 0.6) is 11.5 Å². The topological polar surface area (TPSA) is 117 Å². The third-order valence-electron chi connectivity index (χ3n) is 6.12. The lowest BCUT2D eigenvalue weighted by Crippen LogP contribution is -2.16. The normalized spacial score (nSPS) is 10.9. The lowest BCUT2D eigenvalue weighted by molar-refractivity contribution is 0.147. The number of nitrogens with one attached hydrogen (secondary N) is 2. The molecule has 9 heteroatoms. The summed E-state index contributed by atoms with van der Waals surface area (Å²) >= 11 is 1.51. The average Bonchev–Trinajstić information content (AvgIpc) is 2.97. The Balaban J connectivity index is 1.70. The van der Waals surface area contributed by atoms with Gasteiger partial charge in [-0.1, -0.05) is 63.7 Å². The number of ether oxygens (including phenoxy) is 2. The van der Waals surface area contributed by atoms with E-state index in [4.69, 9.17) is 9.47 Å². The molecule has 0 saturated carbocycles. The van der Waals surface area contributed by atoms with E-state index in [0.717, 1.165) is 32.0 Å². The van der Waals surface area contributed by atoms with Crippen molar-refractivity contribution in [3.63, 3.8) is 0 Å². The zero-order valence-electron chi connectivity index (χ0n) is 24.6. The van der Waals surface area contributed by atoms with Gasteiger partial charge in [-0.25, -0.2) is 9.59 Å². The largest absolute Gasteiger partial charge is 0.508 e. The molecule has 0 aliphatic carbocycles. The maximum Gasteiger partial charge on any atom is 0.411 e. The molecule has 0 spiro atoms. The fraction of sp³-hybridized carbons (Fsp3) is 0.235. The summed E-state index contributed by atoms with van der Waals surface area (Å²) < 4.78 is 10.6. The van der Waals surface area contributed by atoms with Crippen LogP contribution in [0, 0.1) is 11.8 Å². The molecule has 0 aliphatic heterocycles. The van der Waals surface area contributed by atoms with Gasteiger partial charge in [-0.15, -0.1) is 0 Å². The van der Waals surface area contributed by atoms with Gasteiger partial charge in [0.25, 0.3) is 0 Å². The Bertz CT molecular complexity index is 1440. The molecular weight excluding hydrogens is 564 g/mol. The first-order valence-corrected chi connectivity index (χ1v) is 14.8. The molecule has 0 radical (unpaired) electrons. The summed E-state index contributed by atoms with van der Waals surface area (Å²) in [6, 6.07) is 24.9. The van der Waals surface area contributed by atoms with Gasteiger partial charge in [-0.2, -0.15) is 0 Å². The zero-order valence-corrected chi connectivity index (χ0v) is 25.4. The van der Waals surface area contributed by atoms with E-state index in [-0.39, 0.29) is 23.3 Å². The fourth-order valence-corrected chi connectivity index (χ4v) is 5.12. The number of benzene rings is 4. The van der Waals surface area contributed by atoms with Gasteiger partial charge < -0.3 is 19.7 Å². The molecule has 8 nitrogen and oxygen atoms in total. The number of phenolic OH excluding ortho intramolecular Hbond substituents is 2. The van der Waals surface area contributed by atoms with Crippen molar-refractivity contribution in [2.24, 2.45) is 11.8 Å². The van der Waals surface area contributed by atoms with Crippen molar-refractivity contribution >= 4 is 35.3 Å². The van der Waals surface area contributed by atoms with Crippen molar-refractivity contribution in [2.75, 3.05) is 23.8 Å². The highest BCUT2D eigenvalue weighted by Crippen LogP contribution is 2.43. The Morgan fingerprint density at radius 2 is 1.00 bits per heavy atom. The van der Waals surface area contributed by atoms with Crippen LogP contribution in [0.15, 0.2) is 94.7 Å². The van der Waals surface area contributed by atoms with E-state index in [2.05, 4.69) is 10.6 Å². The number of carbonyl (C=O) groups is 2. The molecule has 4 rings (SSSR count). The van der Waals surface area contributed by atoms with Gasteiger partial charge in [-0.3, -0.25) is 10.6 Å². The minimum Gasteiger partial charge on any atom is -0.508 e. The molecule has 2 amide bonds. The summed E-state index contributed by atoms with van der Waals surface area (Å²) in [7, 11) is 0. The van der Waals surface area contributed by atoms with Gasteiger partial charge in [0, 0.05) is 21.2 Å². The number of hydrogen-bond acceptors (Lipinski definition) is 7. The van der Waals surface area contributed by atoms with Gasteiger partial charge in [0.05, 0.1) is 13.2 Å². The molecule has 0 unspecified atom stereocenters. The van der Waals surface area contributed by atoms with Gasteiger partial charge in [-0.05, 0) is 94.8 Å². The summed E-state index contributed by atoms with van der Waals surface area (Å²) in [5.41, 5.74) is 4.50. The summed E-state index contributed by atoms with van der Waals surface area (Å²) in [4.78, 5) is 26.5. The van der Waals surface area contributed by atoms with Crippen molar-refractivity contribution in [2.45, 2.75) is 37.5 Å². The predicted octanol–water partition coefficient (Wildman–Crippen LogP) is 8.99. The lowest BCUT2D eigenvalue weighted by Gasteiger charge is -2.17. The van der Waals surface area contributed by atoms with Crippen molar-refractivity contribution in [1.82, 2.24) is 0 Å². The molecule has 0 aliphatic rings. The smallest absolute Gasteiger partial charge is 0.411 e. The standard InChI is InChI=1S/C34H36N2O6S/c1-21(2)19-41-33(39)35-25-9-15-31(29(17-25)23-5-11-27(37)12-6-23)43-32-16-10-26(36-34(40)42-20-22(3)4)18-30(32)24-7-13-28(38)14-8-24/h5-18,21-22,37-38H,19-20H2,1-4H3,(H,35,39)(H,36,40). The first kappa shape index (κ1) is 31.3. The van der Waals surface area contributed by atoms with Crippen LogP contribution in [-0.4, -0.2) is 35.6 Å². The molecule has 0 bridgehead atoms. The van der Waals surface area contributed by atoms with Crippen LogP contribution < -0.4 is 10.6 Å². The molecule has 4 N–H and O–H groups in total. The highest BCUT2D eigenvalue weighted by atomic mass is 32.2. The van der Waals surface area contributed by atoms with Crippen LogP contribution in [0.4, 0.5) is 21.0 Å². The minimum atomic E-state index is -0.532. The average molecular weight is 601 g/mol. The van der Waals surface area contributed by atoms with Crippen LogP contribution in [0.3, 0.4) is 0 Å². The van der Waals surface area contributed by atoms with E-state index in [1.54, 1.807) is 24.3 Å². The van der Waals surface area contributed by atoms with Crippen LogP contribution >= 0.6 is 11.8 Å². The van der Waals surface area contributed by atoms with Gasteiger partial charge in [0.2, 0.25) is 0 Å². The first-order valence-electron chi connectivity index (χ1n) is 14.0. The molecule has 43 heavy (non-hydrogen) atoms. The van der Waals surface area contributed by atoms with Crippen molar-refractivity contribution in [3.8, 4) is 33.8 Å². The third kappa shape index (κ3) is 9.18. The maximum absolute atomic E-state index is 12.4. The van der Waals surface area contributed by atoms with E-state index < -0.39 is 12.2 Å². The number of anilines is 2. The Hall–Kier alpha value is -4.63. The predicted molar refractivity (Wildman–Crippen MR) is 171 cm³/mol. The minimum absolute atomic E-state index is 0.147. The molecule has 224 valence electrons. The number of carbonyl (C=O) groups excluding carboxylic acids is 2. The summed E-state index contributed by atoms with van der Waals surface area (Å²) in [6.07, 6.45) is -1.06. The third-order valence-corrected chi connectivity index (χ3v) is 7.28. The molecule has 0 heterocycles. The molecule has 4 aromatic rings. The molecule has 0 saturated heterocycles. The Labute approximate surface area is 256 Å². The summed E-state index contributed by atoms with van der Waals surface area (Å²) in [6.45, 7) is 8.49. The van der Waals surface area contributed by atoms with E-state index in [0.29, 0.717) is 24.6 Å². The second-order valence-electron chi connectivity index (χ2n) is 10.9. The van der Waals surface area contributed by atoms with Crippen LogP contribution in [0.25, 0.3) is 22.3 Å². The highest BCUT2D eigenvalue weighted by molar-refractivity contribution is 7.99. The van der Waals surface area contributed by atoms with Gasteiger partial charge in [0.15, 0.2) is 0 Å². The van der Waals surface area contributed by atoms with Crippen LogP contribution in [0.2, 0.25) is 0 Å². The summed E-state index contributed by atoms with van der Waals surface area (Å²) in [5, 5.41) is 25.4. The number of amides is 2. The second kappa shape index (κ2) is 14.5. The molecule has 4 aromatic carbocycles. The Kier molecular flexibility index (Phi) is 10.6. The van der Waals surface area contributed by atoms with Crippen molar-refractivity contribution < 1.29 is 29.3 Å². The van der Waals surface area contributed by atoms with Crippen molar-refractivity contribution in [3.05, 3.63) is 84.9 Å². The van der Waals surface area contributed by atoms with E-state index in [9.17, 15) is 19.8 Å². The second-order valence-corrected chi connectivity index (χ2v) is 11.9. The van der Waals surface area contributed by atoms with E-state index in [1.807, 2.05) is 88.4 Å². The Morgan fingerprint density at radius 3 is 1.35 bits per heavy atom. The molecule has 0 atom stereocenters. The quantitative estimate of drug-likeness (QED) is 0.143. The zero-order chi connectivity index (χ0) is 30.9. The van der Waals surface area contributed by atoms with Crippen LogP contribution in [0.1, 0.15) is 27.7 Å². The lowest BCUT2D eigenvalue weighted by atomic mass is 10.0. The molecular formula is C34H36N2O6S. The monoisotopic (exact) mass is 600 g/mol. The van der Waals surface area contributed by atoms with Gasteiger partial charge in [0.1, 0.15) is 11.5 Å². The van der Waals surface area contributed by atoms with E-state index >= 15 is 0 Å². The molecule has 0 fully saturated rings. The first-order chi connectivity index (χ1) is 20.6. The Morgan fingerprint density at radius 1 is 0.628 bits per heavy atom. The number of rotatable bonds is 10. The SMILES string of the molecule is CC(C)COC(=O)Nc1ccc(Sc2ccc(NC(=O)OCC(C)C)cc2-c2ccc(O)cc2)c(-c2ccc(O)cc2)c1. The maximum atomic E-state index is 12.4. The van der Waals surface area contributed by atoms with E-state index in [1.165, 1.54) is 11.8 Å². The number of aromatic hydroxyl groups is 2. The highest BCUT2D eigenvalue weighted by Gasteiger charge is 2.16. The number of hydrogen-bond donors (Lipinski definition) is 4.